The van der Waals surface area contributed by atoms with E-state index >= 15 is 0 Å². The minimum absolute atomic E-state index is 0.266. The van der Waals surface area contributed by atoms with Crippen molar-refractivity contribution in [3.63, 3.8) is 0 Å². The number of halogens is 1. The largest absolute Gasteiger partial charge is 0.378 e. The highest BCUT2D eigenvalue weighted by atomic mass is 79.9. The molecule has 5 nitrogen and oxygen atoms in total. The molecule has 4 rings (SSSR count). The Hall–Kier alpha value is -2.64. The molecular weight excluding hydrogens is 412 g/mol. The first-order valence-corrected chi connectivity index (χ1v) is 9.40. The third-order valence-corrected chi connectivity index (χ3v) is 5.15. The maximum Gasteiger partial charge on any atom is 0.286 e. The smallest absolute Gasteiger partial charge is 0.286 e. The number of amides is 1. The van der Waals surface area contributed by atoms with Crippen LogP contribution < -0.4 is 5.73 Å². The third kappa shape index (κ3) is 3.36. The highest BCUT2D eigenvalue weighted by Gasteiger charge is 2.21. The van der Waals surface area contributed by atoms with Crippen LogP contribution in [-0.4, -0.2) is 20.9 Å². The standard InChI is InChI=1S/C19H13BrN4OS/c20-14-8-6-12(7-9-14)17-13(10-16-18(25)22-19(21)26-16)11-24(23-17)15-4-2-1-3-5-15/h1-11H,(H2,21,22,25). The molecule has 3 aromatic rings. The first-order chi connectivity index (χ1) is 12.6. The second-order valence-electron chi connectivity index (χ2n) is 5.59. The minimum atomic E-state index is -0.318. The van der Waals surface area contributed by atoms with Gasteiger partial charge in [-0.25, -0.2) is 4.68 Å². The zero-order chi connectivity index (χ0) is 18.1. The number of para-hydroxylation sites is 1. The van der Waals surface area contributed by atoms with Crippen LogP contribution in [0.3, 0.4) is 0 Å². The number of hydrogen-bond donors (Lipinski definition) is 1. The number of thioether (sulfide) groups is 1. The average Bonchev–Trinajstić information content (AvgIpc) is 3.20. The van der Waals surface area contributed by atoms with Gasteiger partial charge in [0.05, 0.1) is 16.3 Å². The molecular formula is C19H13BrN4OS. The van der Waals surface area contributed by atoms with Crippen molar-refractivity contribution >= 4 is 44.8 Å². The van der Waals surface area contributed by atoms with E-state index in [1.54, 1.807) is 10.8 Å². The molecule has 2 aromatic carbocycles. The molecule has 0 fully saturated rings. The highest BCUT2D eigenvalue weighted by molar-refractivity contribution is 9.10. The van der Waals surface area contributed by atoms with E-state index in [1.807, 2.05) is 60.8 Å². The Labute approximate surface area is 162 Å². The molecule has 1 aromatic heterocycles. The van der Waals surface area contributed by atoms with Crippen molar-refractivity contribution in [1.82, 2.24) is 9.78 Å². The monoisotopic (exact) mass is 424 g/mol. The fraction of sp³-hybridized carbons (Fsp3) is 0. The molecule has 0 saturated heterocycles. The predicted octanol–water partition coefficient (Wildman–Crippen LogP) is 4.23. The Bertz CT molecular complexity index is 1040. The van der Waals surface area contributed by atoms with E-state index in [0.717, 1.165) is 27.0 Å². The highest BCUT2D eigenvalue weighted by Crippen LogP contribution is 2.31. The predicted molar refractivity (Wildman–Crippen MR) is 109 cm³/mol. The van der Waals surface area contributed by atoms with E-state index in [0.29, 0.717) is 4.91 Å². The average molecular weight is 425 g/mol. The zero-order valence-electron chi connectivity index (χ0n) is 13.5. The van der Waals surface area contributed by atoms with Gasteiger partial charge in [0.2, 0.25) is 0 Å². The fourth-order valence-corrected chi connectivity index (χ4v) is 3.54. The van der Waals surface area contributed by atoms with Gasteiger partial charge in [0.1, 0.15) is 0 Å². The second kappa shape index (κ2) is 6.93. The lowest BCUT2D eigenvalue weighted by Crippen LogP contribution is -2.01. The SMILES string of the molecule is NC1=NC(=O)C(=Cc2cn(-c3ccccc3)nc2-c2ccc(Br)cc2)S1. The molecule has 1 aliphatic heterocycles. The Morgan fingerprint density at radius 3 is 2.46 bits per heavy atom. The number of nitrogens with zero attached hydrogens (tertiary/aromatic N) is 3. The van der Waals surface area contributed by atoms with Crippen LogP contribution >= 0.6 is 27.7 Å². The maximum atomic E-state index is 12.0. The molecule has 1 aliphatic rings. The number of aliphatic imine (C=N–C) groups is 1. The number of carbonyl (C=O) groups excluding carboxylic acids is 1. The van der Waals surface area contributed by atoms with Gasteiger partial charge < -0.3 is 5.73 Å². The summed E-state index contributed by atoms with van der Waals surface area (Å²) >= 11 is 4.62. The summed E-state index contributed by atoms with van der Waals surface area (Å²) in [6.07, 6.45) is 3.70. The van der Waals surface area contributed by atoms with E-state index in [2.05, 4.69) is 20.9 Å². The van der Waals surface area contributed by atoms with Crippen LogP contribution in [0.15, 0.2) is 75.2 Å². The molecule has 0 radical (unpaired) electrons. The molecule has 2 heterocycles. The number of amidine groups is 1. The van der Waals surface area contributed by atoms with Crippen molar-refractivity contribution in [2.75, 3.05) is 0 Å². The van der Waals surface area contributed by atoms with E-state index < -0.39 is 0 Å². The molecule has 0 spiro atoms. The summed E-state index contributed by atoms with van der Waals surface area (Å²) in [5.74, 6) is -0.318. The van der Waals surface area contributed by atoms with Crippen LogP contribution in [0.25, 0.3) is 23.0 Å². The minimum Gasteiger partial charge on any atom is -0.378 e. The first kappa shape index (κ1) is 16.8. The molecule has 26 heavy (non-hydrogen) atoms. The van der Waals surface area contributed by atoms with E-state index in [4.69, 9.17) is 10.8 Å². The molecule has 2 N–H and O–H groups in total. The van der Waals surface area contributed by atoms with E-state index in [1.165, 1.54) is 11.8 Å². The molecule has 0 unspecified atom stereocenters. The molecule has 0 aliphatic carbocycles. The lowest BCUT2D eigenvalue weighted by Gasteiger charge is -2.01. The summed E-state index contributed by atoms with van der Waals surface area (Å²) in [5, 5.41) is 5.00. The molecule has 7 heteroatoms. The van der Waals surface area contributed by atoms with Gasteiger partial charge in [-0.15, -0.1) is 0 Å². The number of hydrogen-bond acceptors (Lipinski definition) is 4. The molecule has 0 atom stereocenters. The van der Waals surface area contributed by atoms with E-state index in [9.17, 15) is 4.79 Å². The summed E-state index contributed by atoms with van der Waals surface area (Å²) in [7, 11) is 0. The first-order valence-electron chi connectivity index (χ1n) is 7.79. The number of aromatic nitrogens is 2. The van der Waals surface area contributed by atoms with Crippen molar-refractivity contribution in [1.29, 1.82) is 0 Å². The molecule has 0 bridgehead atoms. The third-order valence-electron chi connectivity index (χ3n) is 3.80. The van der Waals surface area contributed by atoms with Crippen LogP contribution in [0.4, 0.5) is 0 Å². The molecule has 1 amide bonds. The second-order valence-corrected chi connectivity index (χ2v) is 7.56. The zero-order valence-corrected chi connectivity index (χ0v) is 15.9. The lowest BCUT2D eigenvalue weighted by atomic mass is 10.1. The Morgan fingerprint density at radius 2 is 1.81 bits per heavy atom. The van der Waals surface area contributed by atoms with Crippen LogP contribution in [0.2, 0.25) is 0 Å². The normalized spacial score (nSPS) is 15.5. The summed E-state index contributed by atoms with van der Waals surface area (Å²) < 4.78 is 2.80. The maximum absolute atomic E-state index is 12.0. The topological polar surface area (TPSA) is 73.3 Å². The Morgan fingerprint density at radius 1 is 1.08 bits per heavy atom. The van der Waals surface area contributed by atoms with Crippen molar-refractivity contribution in [2.24, 2.45) is 10.7 Å². The lowest BCUT2D eigenvalue weighted by molar-refractivity contribution is -0.113. The number of benzene rings is 2. The van der Waals surface area contributed by atoms with Crippen LogP contribution in [-0.2, 0) is 4.79 Å². The number of rotatable bonds is 3. The van der Waals surface area contributed by atoms with Gasteiger partial charge in [0, 0.05) is 21.8 Å². The number of nitrogens with two attached hydrogens (primary N) is 1. The summed E-state index contributed by atoms with van der Waals surface area (Å²) in [6.45, 7) is 0. The van der Waals surface area contributed by atoms with Gasteiger partial charge in [-0.2, -0.15) is 10.1 Å². The van der Waals surface area contributed by atoms with Gasteiger partial charge in [0.25, 0.3) is 5.91 Å². The fourth-order valence-electron chi connectivity index (χ4n) is 2.60. The van der Waals surface area contributed by atoms with E-state index in [-0.39, 0.29) is 11.1 Å². The van der Waals surface area contributed by atoms with Crippen molar-refractivity contribution in [2.45, 2.75) is 0 Å². The Kier molecular flexibility index (Phi) is 4.48. The quantitative estimate of drug-likeness (QED) is 0.638. The van der Waals surface area contributed by atoms with Crippen molar-refractivity contribution in [3.8, 4) is 16.9 Å². The van der Waals surface area contributed by atoms with Crippen LogP contribution in [0.5, 0.6) is 0 Å². The molecule has 0 saturated carbocycles. The van der Waals surface area contributed by atoms with Gasteiger partial charge in [-0.3, -0.25) is 4.79 Å². The van der Waals surface area contributed by atoms with Crippen molar-refractivity contribution < 1.29 is 4.79 Å². The van der Waals surface area contributed by atoms with Gasteiger partial charge in [-0.1, -0.05) is 46.3 Å². The summed E-state index contributed by atoms with van der Waals surface area (Å²) in [4.78, 5) is 16.2. The Balaban J connectivity index is 1.83. The number of carbonyl (C=O) groups is 1. The van der Waals surface area contributed by atoms with Gasteiger partial charge >= 0.3 is 0 Å². The van der Waals surface area contributed by atoms with Crippen LogP contribution in [0.1, 0.15) is 5.56 Å². The van der Waals surface area contributed by atoms with Gasteiger partial charge in [0.15, 0.2) is 5.17 Å². The van der Waals surface area contributed by atoms with Gasteiger partial charge in [-0.05, 0) is 42.1 Å². The summed E-state index contributed by atoms with van der Waals surface area (Å²) in [5.41, 5.74) is 9.17. The van der Waals surface area contributed by atoms with Crippen molar-refractivity contribution in [3.05, 3.63) is 75.7 Å². The molecule has 128 valence electrons. The van der Waals surface area contributed by atoms with Crippen LogP contribution in [0, 0.1) is 0 Å². The summed E-state index contributed by atoms with van der Waals surface area (Å²) in [6, 6.07) is 17.7.